The molecule has 28 heavy (non-hydrogen) atoms. The fourth-order valence-electron chi connectivity index (χ4n) is 3.27. The van der Waals surface area contributed by atoms with E-state index in [1.807, 2.05) is 29.3 Å². The lowest BCUT2D eigenvalue weighted by Crippen LogP contribution is -2.27. The van der Waals surface area contributed by atoms with Gasteiger partial charge in [0.25, 0.3) is 0 Å². The molecule has 4 heterocycles. The fourth-order valence-corrected chi connectivity index (χ4v) is 3.62. The SMILES string of the molecule is O=C1CCCN1CCCNc1cc(NCc2cccnc2)n2ncc(Br)c2n1. The number of carbonyl (C=O) groups excluding carboxylic acids is 1. The summed E-state index contributed by atoms with van der Waals surface area (Å²) >= 11 is 3.51. The molecule has 1 aliphatic heterocycles. The smallest absolute Gasteiger partial charge is 0.222 e. The van der Waals surface area contributed by atoms with Crippen LogP contribution in [0.4, 0.5) is 11.6 Å². The number of nitrogens with one attached hydrogen (secondary N) is 2. The zero-order valence-corrected chi connectivity index (χ0v) is 17.0. The van der Waals surface area contributed by atoms with E-state index in [2.05, 4.69) is 41.6 Å². The molecule has 0 unspecified atom stereocenters. The van der Waals surface area contributed by atoms with Crippen LogP contribution in [0.15, 0.2) is 41.3 Å². The summed E-state index contributed by atoms with van der Waals surface area (Å²) in [6.07, 6.45) is 7.88. The molecule has 3 aromatic rings. The highest BCUT2D eigenvalue weighted by atomic mass is 79.9. The van der Waals surface area contributed by atoms with Crippen LogP contribution in [0, 0.1) is 0 Å². The van der Waals surface area contributed by atoms with Gasteiger partial charge in [0, 0.05) is 51.1 Å². The monoisotopic (exact) mass is 443 g/mol. The predicted molar refractivity (Wildman–Crippen MR) is 111 cm³/mol. The number of halogens is 1. The van der Waals surface area contributed by atoms with E-state index < -0.39 is 0 Å². The summed E-state index contributed by atoms with van der Waals surface area (Å²) in [6.45, 7) is 3.06. The Hall–Kier alpha value is -2.68. The van der Waals surface area contributed by atoms with Gasteiger partial charge in [0.1, 0.15) is 11.6 Å². The lowest BCUT2D eigenvalue weighted by molar-refractivity contribution is -0.127. The van der Waals surface area contributed by atoms with Gasteiger partial charge >= 0.3 is 0 Å². The topological polar surface area (TPSA) is 87.5 Å². The number of hydrogen-bond donors (Lipinski definition) is 2. The molecule has 1 aliphatic rings. The van der Waals surface area contributed by atoms with Gasteiger partial charge in [-0.2, -0.15) is 9.61 Å². The van der Waals surface area contributed by atoms with Crippen molar-refractivity contribution in [3.05, 3.63) is 46.8 Å². The maximum Gasteiger partial charge on any atom is 0.222 e. The first-order valence-corrected chi connectivity index (χ1v) is 10.2. The lowest BCUT2D eigenvalue weighted by Gasteiger charge is -2.16. The third-order valence-electron chi connectivity index (χ3n) is 4.71. The van der Waals surface area contributed by atoms with E-state index in [9.17, 15) is 4.79 Å². The molecule has 0 atom stereocenters. The van der Waals surface area contributed by atoms with Gasteiger partial charge in [-0.1, -0.05) is 6.07 Å². The Labute approximate surface area is 171 Å². The molecule has 0 spiro atoms. The van der Waals surface area contributed by atoms with Gasteiger partial charge in [-0.25, -0.2) is 4.98 Å². The molecular weight excluding hydrogens is 422 g/mol. The van der Waals surface area contributed by atoms with E-state index in [0.717, 1.165) is 59.8 Å². The Morgan fingerprint density at radius 2 is 2.18 bits per heavy atom. The number of anilines is 2. The molecule has 9 heteroatoms. The fraction of sp³-hybridized carbons (Fsp3) is 0.368. The van der Waals surface area contributed by atoms with E-state index >= 15 is 0 Å². The molecule has 0 aromatic carbocycles. The maximum atomic E-state index is 11.7. The Balaban J connectivity index is 1.42. The van der Waals surface area contributed by atoms with Gasteiger partial charge in [-0.05, 0) is 40.4 Å². The van der Waals surface area contributed by atoms with Crippen molar-refractivity contribution < 1.29 is 4.79 Å². The molecule has 1 saturated heterocycles. The molecule has 4 rings (SSSR count). The largest absolute Gasteiger partial charge is 0.370 e. The summed E-state index contributed by atoms with van der Waals surface area (Å²) in [5.74, 6) is 1.89. The van der Waals surface area contributed by atoms with Gasteiger partial charge in [0.2, 0.25) is 5.91 Å². The second kappa shape index (κ2) is 8.55. The summed E-state index contributed by atoms with van der Waals surface area (Å²) in [5.41, 5.74) is 1.83. The van der Waals surface area contributed by atoms with Crippen LogP contribution in [0.1, 0.15) is 24.8 Å². The van der Waals surface area contributed by atoms with Crippen LogP contribution in [0.2, 0.25) is 0 Å². The molecule has 0 aliphatic carbocycles. The van der Waals surface area contributed by atoms with Crippen molar-refractivity contribution >= 4 is 39.1 Å². The Kier molecular flexibility index (Phi) is 5.70. The number of pyridine rings is 1. The highest BCUT2D eigenvalue weighted by Crippen LogP contribution is 2.23. The van der Waals surface area contributed by atoms with Crippen LogP contribution in [0.5, 0.6) is 0 Å². The molecule has 0 radical (unpaired) electrons. The predicted octanol–water partition coefficient (Wildman–Crippen LogP) is 2.92. The maximum absolute atomic E-state index is 11.7. The van der Waals surface area contributed by atoms with Crippen molar-refractivity contribution in [2.75, 3.05) is 30.3 Å². The second-order valence-corrected chi connectivity index (χ2v) is 7.59. The zero-order valence-electron chi connectivity index (χ0n) is 15.4. The molecular formula is C19H22BrN7O. The number of likely N-dealkylation sites (tertiary alicyclic amines) is 1. The van der Waals surface area contributed by atoms with Crippen molar-refractivity contribution in [2.45, 2.75) is 25.8 Å². The highest BCUT2D eigenvalue weighted by Gasteiger charge is 2.19. The Morgan fingerprint density at radius 3 is 2.96 bits per heavy atom. The molecule has 146 valence electrons. The van der Waals surface area contributed by atoms with Gasteiger partial charge in [-0.3, -0.25) is 9.78 Å². The van der Waals surface area contributed by atoms with Crippen molar-refractivity contribution in [1.82, 2.24) is 24.5 Å². The normalized spacial score (nSPS) is 14.0. The summed E-state index contributed by atoms with van der Waals surface area (Å²) in [6, 6.07) is 5.89. The van der Waals surface area contributed by atoms with E-state index in [1.54, 1.807) is 16.9 Å². The second-order valence-electron chi connectivity index (χ2n) is 6.73. The average Bonchev–Trinajstić information content (AvgIpc) is 3.30. The van der Waals surface area contributed by atoms with Crippen molar-refractivity contribution in [3.63, 3.8) is 0 Å². The van der Waals surface area contributed by atoms with Crippen LogP contribution in [-0.4, -0.2) is 50.0 Å². The van der Waals surface area contributed by atoms with E-state index in [0.29, 0.717) is 13.0 Å². The van der Waals surface area contributed by atoms with Crippen molar-refractivity contribution in [3.8, 4) is 0 Å². The van der Waals surface area contributed by atoms with Crippen molar-refractivity contribution in [1.29, 1.82) is 0 Å². The van der Waals surface area contributed by atoms with Crippen LogP contribution < -0.4 is 10.6 Å². The quantitative estimate of drug-likeness (QED) is 0.520. The number of fused-ring (bicyclic) bond motifs is 1. The number of hydrogen-bond acceptors (Lipinski definition) is 6. The summed E-state index contributed by atoms with van der Waals surface area (Å²) < 4.78 is 2.61. The molecule has 2 N–H and O–H groups in total. The first-order valence-electron chi connectivity index (χ1n) is 9.39. The average molecular weight is 444 g/mol. The van der Waals surface area contributed by atoms with Crippen LogP contribution in [-0.2, 0) is 11.3 Å². The van der Waals surface area contributed by atoms with E-state index in [-0.39, 0.29) is 5.91 Å². The number of amides is 1. The standard InChI is InChI=1S/C19H22BrN7O/c20-15-13-24-27-17(23-12-14-4-1-6-21-11-14)10-16(25-19(15)27)22-7-3-9-26-8-2-5-18(26)28/h1,4,6,10-11,13,23H,2-3,5,7-9,12H2,(H,22,25). The van der Waals surface area contributed by atoms with Crippen molar-refractivity contribution in [2.24, 2.45) is 0 Å². The number of rotatable bonds is 8. The molecule has 0 saturated carbocycles. The summed E-state index contributed by atoms with van der Waals surface area (Å²) in [4.78, 5) is 22.4. The molecule has 1 fully saturated rings. The number of aromatic nitrogens is 4. The minimum atomic E-state index is 0.268. The van der Waals surface area contributed by atoms with Crippen LogP contribution in [0.25, 0.3) is 5.65 Å². The summed E-state index contributed by atoms with van der Waals surface area (Å²) in [5, 5.41) is 11.2. The minimum absolute atomic E-state index is 0.268. The Morgan fingerprint density at radius 1 is 1.25 bits per heavy atom. The molecule has 1 amide bonds. The minimum Gasteiger partial charge on any atom is -0.370 e. The van der Waals surface area contributed by atoms with Gasteiger partial charge in [0.05, 0.1) is 10.7 Å². The van der Waals surface area contributed by atoms with Gasteiger partial charge in [0.15, 0.2) is 5.65 Å². The van der Waals surface area contributed by atoms with Gasteiger partial charge in [-0.15, -0.1) is 0 Å². The lowest BCUT2D eigenvalue weighted by atomic mass is 10.3. The first-order chi connectivity index (χ1) is 13.7. The molecule has 0 bridgehead atoms. The number of carbonyl (C=O) groups is 1. The Bertz CT molecular complexity index is 960. The third kappa shape index (κ3) is 4.24. The van der Waals surface area contributed by atoms with E-state index in [4.69, 9.17) is 0 Å². The van der Waals surface area contributed by atoms with Gasteiger partial charge < -0.3 is 15.5 Å². The zero-order chi connectivity index (χ0) is 19.3. The third-order valence-corrected chi connectivity index (χ3v) is 5.27. The van der Waals surface area contributed by atoms with Crippen LogP contribution >= 0.6 is 15.9 Å². The first kappa shape index (κ1) is 18.7. The van der Waals surface area contributed by atoms with E-state index in [1.165, 1.54) is 0 Å². The molecule has 3 aromatic heterocycles. The molecule has 8 nitrogen and oxygen atoms in total. The number of nitrogens with zero attached hydrogens (tertiary/aromatic N) is 5. The van der Waals surface area contributed by atoms with Crippen LogP contribution in [0.3, 0.4) is 0 Å². The summed E-state index contributed by atoms with van der Waals surface area (Å²) in [7, 11) is 0. The highest BCUT2D eigenvalue weighted by molar-refractivity contribution is 9.10.